The van der Waals surface area contributed by atoms with Crippen LogP contribution in [0.25, 0.3) is 11.3 Å². The van der Waals surface area contributed by atoms with Gasteiger partial charge in [0.25, 0.3) is 0 Å². The number of aryl methyl sites for hydroxylation is 1. The molecule has 1 aromatic carbocycles. The summed E-state index contributed by atoms with van der Waals surface area (Å²) in [4.78, 5) is 17.0. The summed E-state index contributed by atoms with van der Waals surface area (Å²) in [7, 11) is 0. The Morgan fingerprint density at radius 3 is 3.00 bits per heavy atom. The minimum Gasteiger partial charge on any atom is -0.324 e. The number of carbonyl (C=O) groups excluding carboxylic acids is 1. The molecule has 0 atom stereocenters. The van der Waals surface area contributed by atoms with Crippen molar-refractivity contribution in [3.8, 4) is 11.3 Å². The van der Waals surface area contributed by atoms with Crippen LogP contribution in [0.5, 0.6) is 0 Å². The lowest BCUT2D eigenvalue weighted by Crippen LogP contribution is -2.18. The van der Waals surface area contributed by atoms with Gasteiger partial charge in [0.15, 0.2) is 0 Å². The first-order chi connectivity index (χ1) is 8.72. The molecule has 90 valence electrons. The molecule has 0 saturated heterocycles. The summed E-state index contributed by atoms with van der Waals surface area (Å²) in [5.74, 6) is 0.552. The van der Waals surface area contributed by atoms with Crippen molar-refractivity contribution in [2.75, 3.05) is 11.1 Å². The van der Waals surface area contributed by atoms with Crippen LogP contribution in [0.4, 0.5) is 5.69 Å². The average molecular weight is 256 g/mol. The maximum absolute atomic E-state index is 11.4. The van der Waals surface area contributed by atoms with Crippen molar-refractivity contribution in [3.05, 3.63) is 42.1 Å². The van der Waals surface area contributed by atoms with Crippen molar-refractivity contribution >= 4 is 23.4 Å². The smallest absolute Gasteiger partial charge is 0.234 e. The molecule has 1 aliphatic rings. The highest BCUT2D eigenvalue weighted by Crippen LogP contribution is 2.34. The van der Waals surface area contributed by atoms with Crippen LogP contribution in [0.15, 0.2) is 41.3 Å². The molecular weight excluding hydrogens is 244 g/mol. The molecule has 0 aliphatic carbocycles. The van der Waals surface area contributed by atoms with Gasteiger partial charge in [0.05, 0.1) is 17.1 Å². The van der Waals surface area contributed by atoms with Gasteiger partial charge in [-0.3, -0.25) is 9.78 Å². The van der Waals surface area contributed by atoms with Gasteiger partial charge in [0.1, 0.15) is 0 Å². The fraction of sp³-hybridized carbons (Fsp3) is 0.143. The van der Waals surface area contributed by atoms with Gasteiger partial charge in [-0.15, -0.1) is 11.8 Å². The topological polar surface area (TPSA) is 42.0 Å². The van der Waals surface area contributed by atoms with Crippen molar-refractivity contribution in [1.82, 2.24) is 4.98 Å². The lowest BCUT2D eigenvalue weighted by Gasteiger charge is -2.17. The van der Waals surface area contributed by atoms with Crippen LogP contribution >= 0.6 is 11.8 Å². The summed E-state index contributed by atoms with van der Waals surface area (Å²) in [5.41, 5.74) is 3.84. The first kappa shape index (κ1) is 11.3. The van der Waals surface area contributed by atoms with Crippen LogP contribution in [-0.4, -0.2) is 16.6 Å². The van der Waals surface area contributed by atoms with Gasteiger partial charge in [-0.25, -0.2) is 0 Å². The van der Waals surface area contributed by atoms with E-state index in [1.54, 1.807) is 11.8 Å². The van der Waals surface area contributed by atoms with Crippen LogP contribution in [0, 0.1) is 6.92 Å². The molecule has 1 aromatic heterocycles. The molecule has 0 unspecified atom stereocenters. The molecule has 1 N–H and O–H groups in total. The third-order valence-electron chi connectivity index (χ3n) is 2.80. The minimum absolute atomic E-state index is 0.0573. The van der Waals surface area contributed by atoms with Crippen LogP contribution in [0.1, 0.15) is 5.69 Å². The number of aromatic nitrogens is 1. The lowest BCUT2D eigenvalue weighted by atomic mass is 10.1. The Hall–Kier alpha value is -1.81. The zero-order valence-electron chi connectivity index (χ0n) is 9.93. The zero-order valence-corrected chi connectivity index (χ0v) is 10.8. The molecule has 0 radical (unpaired) electrons. The van der Waals surface area contributed by atoms with Gasteiger partial charge < -0.3 is 5.32 Å². The summed E-state index contributed by atoms with van der Waals surface area (Å²) in [6.07, 6.45) is 0. The number of thioether (sulfide) groups is 1. The lowest BCUT2D eigenvalue weighted by molar-refractivity contribution is -0.113. The number of rotatable bonds is 1. The number of hydrogen-bond acceptors (Lipinski definition) is 3. The largest absolute Gasteiger partial charge is 0.324 e. The van der Waals surface area contributed by atoms with Gasteiger partial charge in [-0.1, -0.05) is 12.1 Å². The van der Waals surface area contributed by atoms with Crippen LogP contribution in [0.2, 0.25) is 0 Å². The Kier molecular flexibility index (Phi) is 2.80. The van der Waals surface area contributed by atoms with E-state index in [0.717, 1.165) is 27.5 Å². The number of amides is 1. The molecule has 1 amide bonds. The van der Waals surface area contributed by atoms with Crippen molar-refractivity contribution in [3.63, 3.8) is 0 Å². The summed E-state index contributed by atoms with van der Waals surface area (Å²) in [5, 5.41) is 2.90. The van der Waals surface area contributed by atoms with Gasteiger partial charge >= 0.3 is 0 Å². The second-order valence-corrected chi connectivity index (χ2v) is 5.23. The summed E-state index contributed by atoms with van der Waals surface area (Å²) in [6.45, 7) is 1.97. The van der Waals surface area contributed by atoms with Crippen molar-refractivity contribution < 1.29 is 4.79 Å². The Balaban J connectivity index is 2.04. The van der Waals surface area contributed by atoms with Crippen LogP contribution < -0.4 is 5.32 Å². The second-order valence-electron chi connectivity index (χ2n) is 4.21. The molecule has 0 saturated carbocycles. The predicted molar refractivity (Wildman–Crippen MR) is 73.8 cm³/mol. The Morgan fingerprint density at radius 2 is 2.17 bits per heavy atom. The van der Waals surface area contributed by atoms with E-state index in [9.17, 15) is 4.79 Å². The predicted octanol–water partition coefficient (Wildman–Crippen LogP) is 3.10. The van der Waals surface area contributed by atoms with Gasteiger partial charge in [0.2, 0.25) is 5.91 Å². The van der Waals surface area contributed by atoms with E-state index in [-0.39, 0.29) is 5.91 Å². The Morgan fingerprint density at radius 1 is 1.28 bits per heavy atom. The van der Waals surface area contributed by atoms with E-state index in [1.165, 1.54) is 0 Å². The maximum atomic E-state index is 11.4. The molecule has 2 heterocycles. The molecular formula is C14H12N2OS. The third kappa shape index (κ3) is 2.11. The number of benzene rings is 1. The van der Waals surface area contributed by atoms with Gasteiger partial charge in [-0.2, -0.15) is 0 Å². The number of pyridine rings is 1. The molecule has 0 bridgehead atoms. The first-order valence-corrected chi connectivity index (χ1v) is 6.72. The summed E-state index contributed by atoms with van der Waals surface area (Å²) < 4.78 is 0. The SMILES string of the molecule is Cc1cccc(-c2ccc3c(c2)NC(=O)CS3)n1. The maximum Gasteiger partial charge on any atom is 0.234 e. The van der Waals surface area contributed by atoms with Crippen LogP contribution in [0.3, 0.4) is 0 Å². The highest BCUT2D eigenvalue weighted by atomic mass is 32.2. The first-order valence-electron chi connectivity index (χ1n) is 5.73. The van der Waals surface area contributed by atoms with E-state index >= 15 is 0 Å². The zero-order chi connectivity index (χ0) is 12.5. The standard InChI is InChI=1S/C14H12N2OS/c1-9-3-2-4-11(15-9)10-5-6-13-12(7-10)16-14(17)8-18-13/h2-7H,8H2,1H3,(H,16,17). The number of nitrogens with zero attached hydrogens (tertiary/aromatic N) is 1. The number of carbonyl (C=O) groups is 1. The van der Waals surface area contributed by atoms with E-state index in [2.05, 4.69) is 10.3 Å². The van der Waals surface area contributed by atoms with E-state index in [1.807, 2.05) is 43.3 Å². The highest BCUT2D eigenvalue weighted by molar-refractivity contribution is 8.00. The number of hydrogen-bond donors (Lipinski definition) is 1. The van der Waals surface area contributed by atoms with E-state index in [0.29, 0.717) is 5.75 Å². The molecule has 1 aliphatic heterocycles. The highest BCUT2D eigenvalue weighted by Gasteiger charge is 2.15. The third-order valence-corrected chi connectivity index (χ3v) is 3.87. The van der Waals surface area contributed by atoms with Crippen molar-refractivity contribution in [2.45, 2.75) is 11.8 Å². The summed E-state index contributed by atoms with van der Waals surface area (Å²) >= 11 is 1.57. The number of anilines is 1. The average Bonchev–Trinajstić information content (AvgIpc) is 2.38. The van der Waals surface area contributed by atoms with Crippen LogP contribution in [-0.2, 0) is 4.79 Å². The quantitative estimate of drug-likeness (QED) is 0.852. The molecule has 4 heteroatoms. The van der Waals surface area contributed by atoms with E-state index in [4.69, 9.17) is 0 Å². The molecule has 0 spiro atoms. The van der Waals surface area contributed by atoms with Gasteiger partial charge in [-0.05, 0) is 31.2 Å². The molecule has 18 heavy (non-hydrogen) atoms. The fourth-order valence-corrected chi connectivity index (χ4v) is 2.73. The van der Waals surface area contributed by atoms with E-state index < -0.39 is 0 Å². The second kappa shape index (κ2) is 4.46. The molecule has 3 rings (SSSR count). The Labute approximate surface area is 110 Å². The van der Waals surface area contributed by atoms with Gasteiger partial charge in [0, 0.05) is 16.2 Å². The molecule has 2 aromatic rings. The molecule has 3 nitrogen and oxygen atoms in total. The summed E-state index contributed by atoms with van der Waals surface area (Å²) in [6, 6.07) is 12.0. The minimum atomic E-state index is 0.0573. The fourth-order valence-electron chi connectivity index (χ4n) is 1.95. The van der Waals surface area contributed by atoms with Crippen molar-refractivity contribution in [2.24, 2.45) is 0 Å². The Bertz CT molecular complexity index is 625. The van der Waals surface area contributed by atoms with Crippen molar-refractivity contribution in [1.29, 1.82) is 0 Å². The normalized spacial score (nSPS) is 13.9. The number of fused-ring (bicyclic) bond motifs is 1. The number of nitrogens with one attached hydrogen (secondary N) is 1. The molecule has 0 fully saturated rings. The monoisotopic (exact) mass is 256 g/mol.